The minimum Gasteiger partial charge on any atom is -0.744 e. The maximum absolute atomic E-state index is 11.3. The fraction of sp³-hybridized carbons (Fsp3) is 0.143. The van der Waals surface area contributed by atoms with Crippen LogP contribution in [0, 0.1) is 0 Å². The summed E-state index contributed by atoms with van der Waals surface area (Å²) in [5.41, 5.74) is 20.7. The Morgan fingerprint density at radius 3 is 1.15 bits per heavy atom. The van der Waals surface area contributed by atoms with Crippen LogP contribution in [-0.4, -0.2) is 39.0 Å². The molecule has 0 aliphatic heterocycles. The van der Waals surface area contributed by atoms with Crippen molar-refractivity contribution in [3.8, 4) is 11.1 Å². The van der Waals surface area contributed by atoms with Gasteiger partial charge in [-0.05, 0) is 35.4 Å². The van der Waals surface area contributed by atoms with E-state index in [-0.39, 0.29) is 22.5 Å². The molecule has 0 aliphatic carbocycles. The van der Waals surface area contributed by atoms with E-state index >= 15 is 0 Å². The predicted molar refractivity (Wildman–Crippen MR) is 152 cm³/mol. The predicted octanol–water partition coefficient (Wildman–Crippen LogP) is 1.27. The van der Waals surface area contributed by atoms with E-state index in [1.807, 2.05) is 12.1 Å². The first-order valence-corrected chi connectivity index (χ1v) is 15.1. The third kappa shape index (κ3) is 10.4. The summed E-state index contributed by atoms with van der Waals surface area (Å²) in [6.45, 7) is 1.98. The summed E-state index contributed by atoms with van der Waals surface area (Å²) in [5, 5.41) is 0. The third-order valence-corrected chi connectivity index (χ3v) is 7.21. The van der Waals surface area contributed by atoms with Gasteiger partial charge in [0.15, 0.2) is 0 Å². The lowest BCUT2D eigenvalue weighted by Gasteiger charge is -2.18. The normalized spacial score (nSPS) is 11.0. The van der Waals surface area contributed by atoms with E-state index < -0.39 is 30.0 Å². The molecular weight excluding hydrogens is 552 g/mol. The van der Waals surface area contributed by atoms with Gasteiger partial charge in [0.05, 0.1) is 22.9 Å². The second-order valence-electron chi connectivity index (χ2n) is 8.60. The number of quaternary nitrogens is 2. The quantitative estimate of drug-likeness (QED) is 0.182. The maximum atomic E-state index is 11.3. The number of hydrogen-bond acceptors (Lipinski definition) is 8. The monoisotopic (exact) mass is 586 g/mol. The summed E-state index contributed by atoms with van der Waals surface area (Å²) in [7, 11) is -9.87. The molecule has 0 unspecified atom stereocenters. The molecule has 0 heterocycles. The van der Waals surface area contributed by atoms with E-state index in [0.29, 0.717) is 0 Å². The molecule has 4 aromatic rings. The number of anilines is 2. The number of nitrogens with two attached hydrogens (primary N) is 2. The highest BCUT2D eigenvalue weighted by molar-refractivity contribution is 7.86. The Morgan fingerprint density at radius 1 is 0.550 bits per heavy atom. The second-order valence-corrected chi connectivity index (χ2v) is 11.3. The van der Waals surface area contributed by atoms with Crippen LogP contribution >= 0.6 is 0 Å². The van der Waals surface area contributed by atoms with Crippen LogP contribution in [0.1, 0.15) is 11.1 Å². The topological polar surface area (TPSA) is 222 Å². The average molecular weight is 587 g/mol. The Kier molecular flexibility index (Phi) is 12.3. The summed E-state index contributed by atoms with van der Waals surface area (Å²) in [6, 6.07) is 27.5. The Bertz CT molecular complexity index is 1460. The van der Waals surface area contributed by atoms with Crippen molar-refractivity contribution in [3.05, 3.63) is 108 Å². The zero-order valence-electron chi connectivity index (χ0n) is 21.9. The van der Waals surface area contributed by atoms with Gasteiger partial charge < -0.3 is 32.0 Å². The zero-order chi connectivity index (χ0) is 29.8. The molecule has 0 amide bonds. The van der Waals surface area contributed by atoms with E-state index in [0.717, 1.165) is 50.2 Å². The highest BCUT2D eigenvalue weighted by Gasteiger charge is 2.17. The van der Waals surface area contributed by atoms with E-state index in [1.165, 1.54) is 23.3 Å². The SMILES string of the molecule is Nc1ccc(-c2ccc(N)cc2S(=O)(=O)[O-])c(S(=O)(=O)[O-])c1.[NH3+]CCc1ccccc1.[NH3+]CCc1ccccc1. The first kappa shape index (κ1) is 32.4. The van der Waals surface area contributed by atoms with Gasteiger partial charge in [0, 0.05) is 35.3 Å². The van der Waals surface area contributed by atoms with Crippen LogP contribution in [0.5, 0.6) is 0 Å². The summed E-state index contributed by atoms with van der Waals surface area (Å²) >= 11 is 0. The largest absolute Gasteiger partial charge is 0.744 e. The van der Waals surface area contributed by atoms with Crippen LogP contribution in [0.15, 0.2) is 107 Å². The van der Waals surface area contributed by atoms with Crippen molar-refractivity contribution < 1.29 is 37.4 Å². The van der Waals surface area contributed by atoms with Gasteiger partial charge in [0.25, 0.3) is 0 Å². The molecular formula is C28H34N4O6S2. The number of nitrogen functional groups attached to an aromatic ring is 2. The van der Waals surface area contributed by atoms with Crippen molar-refractivity contribution in [2.24, 2.45) is 0 Å². The van der Waals surface area contributed by atoms with E-state index in [2.05, 4.69) is 60.0 Å². The number of rotatable bonds is 7. The molecule has 0 aliphatic rings. The molecule has 0 saturated heterocycles. The summed E-state index contributed by atoms with van der Waals surface area (Å²) in [4.78, 5) is -1.44. The van der Waals surface area contributed by atoms with Crippen molar-refractivity contribution in [1.29, 1.82) is 0 Å². The van der Waals surface area contributed by atoms with Gasteiger partial charge in [-0.2, -0.15) is 0 Å². The highest BCUT2D eigenvalue weighted by Crippen LogP contribution is 2.34. The third-order valence-electron chi connectivity index (χ3n) is 5.46. The van der Waals surface area contributed by atoms with Crippen LogP contribution in [0.4, 0.5) is 11.4 Å². The Balaban J connectivity index is 0.000000254. The Hall–Kier alpha value is -3.78. The fourth-order valence-electron chi connectivity index (χ4n) is 3.63. The number of benzene rings is 4. The van der Waals surface area contributed by atoms with Crippen LogP contribution in [0.3, 0.4) is 0 Å². The van der Waals surface area contributed by atoms with Crippen molar-refractivity contribution in [3.63, 3.8) is 0 Å². The summed E-state index contributed by atoms with van der Waals surface area (Å²) in [6.07, 6.45) is 2.20. The van der Waals surface area contributed by atoms with Gasteiger partial charge in [0.1, 0.15) is 20.2 Å². The minimum absolute atomic E-state index is 0.000139. The molecule has 12 heteroatoms. The van der Waals surface area contributed by atoms with Crippen LogP contribution < -0.4 is 22.9 Å². The fourth-order valence-corrected chi connectivity index (χ4v) is 5.09. The van der Waals surface area contributed by atoms with Crippen molar-refractivity contribution in [1.82, 2.24) is 0 Å². The lowest BCUT2D eigenvalue weighted by atomic mass is 10.0. The molecule has 214 valence electrons. The number of hydrogen-bond donors (Lipinski definition) is 4. The molecule has 0 bridgehead atoms. The zero-order valence-corrected chi connectivity index (χ0v) is 23.5. The van der Waals surface area contributed by atoms with Crippen molar-refractivity contribution in [2.45, 2.75) is 22.6 Å². The first-order chi connectivity index (χ1) is 18.9. The van der Waals surface area contributed by atoms with Gasteiger partial charge in [-0.15, -0.1) is 0 Å². The van der Waals surface area contributed by atoms with Crippen LogP contribution in [0.2, 0.25) is 0 Å². The molecule has 10 N–H and O–H groups in total. The van der Waals surface area contributed by atoms with Gasteiger partial charge >= 0.3 is 0 Å². The molecule has 4 rings (SSSR count). The van der Waals surface area contributed by atoms with Crippen LogP contribution in [-0.2, 0) is 33.1 Å². The highest BCUT2D eigenvalue weighted by atomic mass is 32.2. The first-order valence-electron chi connectivity index (χ1n) is 12.2. The van der Waals surface area contributed by atoms with Gasteiger partial charge in [-0.1, -0.05) is 72.8 Å². The second kappa shape index (κ2) is 15.1. The average Bonchev–Trinajstić information content (AvgIpc) is 2.90. The minimum atomic E-state index is -4.93. The molecule has 10 nitrogen and oxygen atoms in total. The Morgan fingerprint density at radius 2 is 0.875 bits per heavy atom. The molecule has 0 fully saturated rings. The molecule has 0 spiro atoms. The molecule has 4 aromatic carbocycles. The molecule has 0 aromatic heterocycles. The molecule has 0 atom stereocenters. The maximum Gasteiger partial charge on any atom is 0.125 e. The molecule has 0 radical (unpaired) electrons. The van der Waals surface area contributed by atoms with E-state index in [4.69, 9.17) is 11.5 Å². The smallest absolute Gasteiger partial charge is 0.125 e. The van der Waals surface area contributed by atoms with Crippen LogP contribution in [0.25, 0.3) is 11.1 Å². The Labute approximate surface area is 235 Å². The van der Waals surface area contributed by atoms with Gasteiger partial charge in [-0.25, -0.2) is 16.8 Å². The molecule has 0 saturated carbocycles. The van der Waals surface area contributed by atoms with Crippen molar-refractivity contribution in [2.75, 3.05) is 24.6 Å². The lowest BCUT2D eigenvalue weighted by Crippen LogP contribution is -2.51. The van der Waals surface area contributed by atoms with E-state index in [1.54, 1.807) is 0 Å². The molecule has 40 heavy (non-hydrogen) atoms. The summed E-state index contributed by atoms with van der Waals surface area (Å²) in [5.74, 6) is 0. The van der Waals surface area contributed by atoms with E-state index in [9.17, 15) is 25.9 Å². The van der Waals surface area contributed by atoms with Gasteiger partial charge in [-0.3, -0.25) is 0 Å². The van der Waals surface area contributed by atoms with Crippen molar-refractivity contribution >= 4 is 31.6 Å². The lowest BCUT2D eigenvalue weighted by molar-refractivity contribution is -0.367. The standard InChI is InChI=1S/C12H12N2O6S2.2C8H11N/c13-7-1-3-9(11(5-7)21(15,16)17)10-4-2-8(14)6-12(10)22(18,19)20;2*9-7-6-8-4-2-1-3-5-8/h1-6H,13-14H2,(H,15,16,17)(H,18,19,20);2*1-5H,6-7,9H2. The summed E-state index contributed by atoms with van der Waals surface area (Å²) < 4.78 is 68.1. The van der Waals surface area contributed by atoms with Gasteiger partial charge in [0.2, 0.25) is 0 Å².